The van der Waals surface area contributed by atoms with Crippen molar-refractivity contribution in [2.45, 2.75) is 33.2 Å². The van der Waals surface area contributed by atoms with Gasteiger partial charge in [-0.3, -0.25) is 4.79 Å². The first-order valence-electron chi connectivity index (χ1n) is 10.5. The number of benzene rings is 2. The molecule has 0 saturated carbocycles. The number of anilines is 1. The predicted molar refractivity (Wildman–Crippen MR) is 124 cm³/mol. The molecule has 4 aromatic rings. The lowest BCUT2D eigenvalue weighted by Crippen LogP contribution is -2.11. The summed E-state index contributed by atoms with van der Waals surface area (Å²) in [6, 6.07) is 24.8. The number of nitrogens with one attached hydrogen (secondary N) is 2. The first-order valence-corrected chi connectivity index (χ1v) is 10.5. The predicted octanol–water partition coefficient (Wildman–Crippen LogP) is 5.97. The quantitative estimate of drug-likeness (QED) is 0.436. The zero-order valence-electron chi connectivity index (χ0n) is 17.6. The highest BCUT2D eigenvalue weighted by Gasteiger charge is 2.11. The van der Waals surface area contributed by atoms with E-state index >= 15 is 0 Å². The largest absolute Gasteiger partial charge is 0.377 e. The Morgan fingerprint density at radius 2 is 1.70 bits per heavy atom. The number of H-pyrrole nitrogens is 1. The average molecular weight is 398 g/mol. The van der Waals surface area contributed by atoms with Crippen LogP contribution in [0.25, 0.3) is 21.8 Å². The molecule has 0 saturated heterocycles. The lowest BCUT2D eigenvalue weighted by atomic mass is 10.1. The molecule has 1 heterocycles. The number of nitrogens with zero attached hydrogens (tertiary/aromatic N) is 1. The first-order chi connectivity index (χ1) is 14.6. The third kappa shape index (κ3) is 3.99. The van der Waals surface area contributed by atoms with E-state index in [9.17, 15) is 4.79 Å². The molecular formula is C26H27N3O. The topological polar surface area (TPSA) is 57.2 Å². The molecule has 0 aliphatic rings. The summed E-state index contributed by atoms with van der Waals surface area (Å²) in [7, 11) is 0. The van der Waals surface area contributed by atoms with Gasteiger partial charge in [-0.05, 0) is 37.1 Å². The van der Waals surface area contributed by atoms with Crippen LogP contribution >= 0.6 is 0 Å². The minimum atomic E-state index is -0.0768. The van der Waals surface area contributed by atoms with Crippen molar-refractivity contribution in [3.05, 3.63) is 83.7 Å². The lowest BCUT2D eigenvalue weighted by molar-refractivity contribution is -0.121. The van der Waals surface area contributed by atoms with Gasteiger partial charge < -0.3 is 10.3 Å². The summed E-state index contributed by atoms with van der Waals surface area (Å²) in [5, 5.41) is 6.56. The highest BCUT2D eigenvalue weighted by Crippen LogP contribution is 2.31. The van der Waals surface area contributed by atoms with E-state index in [1.165, 1.54) is 5.56 Å². The van der Waals surface area contributed by atoms with Crippen molar-refractivity contribution in [2.24, 2.45) is 10.9 Å². The van der Waals surface area contributed by atoms with Gasteiger partial charge in [0.25, 0.3) is 0 Å². The molecule has 4 rings (SSSR count). The second kappa shape index (κ2) is 8.54. The molecule has 0 fully saturated rings. The number of hydrogen-bond acceptors (Lipinski definition) is 2. The summed E-state index contributed by atoms with van der Waals surface area (Å²) in [6.07, 6.45) is 0.789. The van der Waals surface area contributed by atoms with E-state index < -0.39 is 0 Å². The Hall–Kier alpha value is -3.40. The fourth-order valence-electron chi connectivity index (χ4n) is 3.65. The number of carbonyl (C=O) groups is 1. The van der Waals surface area contributed by atoms with Crippen LogP contribution in [0.15, 0.2) is 77.8 Å². The van der Waals surface area contributed by atoms with E-state index in [2.05, 4.69) is 70.7 Å². The molecule has 4 nitrogen and oxygen atoms in total. The monoisotopic (exact) mass is 397 g/mol. The molecule has 4 heteroatoms. The van der Waals surface area contributed by atoms with Crippen molar-refractivity contribution in [3.63, 3.8) is 0 Å². The molecule has 0 aliphatic carbocycles. The lowest BCUT2D eigenvalue weighted by Gasteiger charge is -2.16. The van der Waals surface area contributed by atoms with Gasteiger partial charge in [-0.2, -0.15) is 0 Å². The maximum Gasteiger partial charge on any atom is 0.249 e. The van der Waals surface area contributed by atoms with Crippen LogP contribution in [0.2, 0.25) is 0 Å². The normalized spacial score (nSPS) is 14.0. The number of rotatable bonds is 5. The number of aromatic amines is 1. The van der Waals surface area contributed by atoms with E-state index in [1.807, 2.05) is 38.1 Å². The fourth-order valence-corrected chi connectivity index (χ4v) is 3.65. The fraction of sp³-hybridized carbons (Fsp3) is 0.231. The summed E-state index contributed by atoms with van der Waals surface area (Å²) in [5.74, 6) is -0.143. The molecule has 0 bridgehead atoms. The van der Waals surface area contributed by atoms with E-state index in [1.54, 1.807) is 0 Å². The molecule has 0 aliphatic heterocycles. The van der Waals surface area contributed by atoms with Gasteiger partial charge >= 0.3 is 0 Å². The maximum atomic E-state index is 12.3. The third-order valence-electron chi connectivity index (χ3n) is 5.67. The van der Waals surface area contributed by atoms with Crippen LogP contribution in [0.1, 0.15) is 38.8 Å². The molecule has 2 unspecified atom stereocenters. The van der Waals surface area contributed by atoms with Crippen LogP contribution in [0, 0.1) is 5.92 Å². The highest BCUT2D eigenvalue weighted by molar-refractivity contribution is 6.10. The first kappa shape index (κ1) is 19.9. The molecule has 2 atom stereocenters. The second-order valence-corrected chi connectivity index (χ2v) is 7.81. The van der Waals surface area contributed by atoms with E-state index in [4.69, 9.17) is 0 Å². The molecule has 0 spiro atoms. The van der Waals surface area contributed by atoms with Crippen LogP contribution in [-0.4, -0.2) is 10.9 Å². The smallest absolute Gasteiger partial charge is 0.249 e. The van der Waals surface area contributed by atoms with Gasteiger partial charge in [0.05, 0.1) is 16.6 Å². The van der Waals surface area contributed by atoms with Crippen LogP contribution in [-0.2, 0) is 4.79 Å². The Morgan fingerprint density at radius 1 is 0.967 bits per heavy atom. The Morgan fingerprint density at radius 3 is 2.47 bits per heavy atom. The SMILES string of the molecule is CCC(C)C(=O)N=c1cccc2c(c1)[nH]c1c(NC(C)c3ccccc3)cccc12. The van der Waals surface area contributed by atoms with Gasteiger partial charge in [0.15, 0.2) is 0 Å². The number of carbonyl (C=O) groups excluding carboxylic acids is 1. The van der Waals surface area contributed by atoms with Crippen LogP contribution in [0.3, 0.4) is 0 Å². The molecule has 2 N–H and O–H groups in total. The summed E-state index contributed by atoms with van der Waals surface area (Å²) >= 11 is 0. The van der Waals surface area contributed by atoms with Crippen LogP contribution in [0.5, 0.6) is 0 Å². The van der Waals surface area contributed by atoms with Crippen LogP contribution in [0.4, 0.5) is 5.69 Å². The second-order valence-electron chi connectivity index (χ2n) is 7.81. The number of fused-ring (bicyclic) bond motifs is 3. The number of para-hydroxylation sites is 1. The minimum absolute atomic E-state index is 0.0657. The molecule has 0 radical (unpaired) electrons. The van der Waals surface area contributed by atoms with E-state index in [-0.39, 0.29) is 17.9 Å². The Bertz CT molecular complexity index is 1260. The zero-order chi connectivity index (χ0) is 21.1. The number of aromatic nitrogens is 1. The van der Waals surface area contributed by atoms with Gasteiger partial charge in [-0.25, -0.2) is 4.99 Å². The molecule has 152 valence electrons. The van der Waals surface area contributed by atoms with E-state index in [0.29, 0.717) is 5.36 Å². The Labute approximate surface area is 176 Å². The van der Waals surface area contributed by atoms with Crippen molar-refractivity contribution in [1.82, 2.24) is 4.98 Å². The van der Waals surface area contributed by atoms with Crippen molar-refractivity contribution in [2.75, 3.05) is 5.32 Å². The summed E-state index contributed by atoms with van der Waals surface area (Å²) in [4.78, 5) is 20.1. The number of amides is 1. The van der Waals surface area contributed by atoms with Gasteiger partial charge in [-0.15, -0.1) is 0 Å². The minimum Gasteiger partial charge on any atom is -0.377 e. The standard InChI is InChI=1S/C26H27N3O/c1-4-17(2)26(30)28-20-12-8-13-21-22-14-9-15-23(25(22)29-24(21)16-20)27-18(3)19-10-6-5-7-11-19/h5-18,27,29H,4H2,1-3H3. The summed E-state index contributed by atoms with van der Waals surface area (Å²) < 4.78 is 0. The van der Waals surface area contributed by atoms with Crippen molar-refractivity contribution in [1.29, 1.82) is 0 Å². The van der Waals surface area contributed by atoms with Gasteiger partial charge in [0.1, 0.15) is 0 Å². The van der Waals surface area contributed by atoms with Crippen molar-refractivity contribution < 1.29 is 4.79 Å². The molecule has 1 aromatic heterocycles. The zero-order valence-corrected chi connectivity index (χ0v) is 17.6. The van der Waals surface area contributed by atoms with Gasteiger partial charge in [-0.1, -0.05) is 68.4 Å². The summed E-state index contributed by atoms with van der Waals surface area (Å²) in [6.45, 7) is 6.08. The maximum absolute atomic E-state index is 12.3. The molecule has 30 heavy (non-hydrogen) atoms. The van der Waals surface area contributed by atoms with Gasteiger partial charge in [0, 0.05) is 28.2 Å². The Kier molecular flexibility index (Phi) is 5.66. The molecule has 1 amide bonds. The number of hydrogen-bond donors (Lipinski definition) is 2. The molecule has 3 aromatic carbocycles. The van der Waals surface area contributed by atoms with Gasteiger partial charge in [0.2, 0.25) is 5.91 Å². The summed E-state index contributed by atoms with van der Waals surface area (Å²) in [5.41, 5.74) is 4.31. The van der Waals surface area contributed by atoms with E-state index in [0.717, 1.165) is 33.9 Å². The molecular weight excluding hydrogens is 370 g/mol. The van der Waals surface area contributed by atoms with Crippen molar-refractivity contribution in [3.8, 4) is 0 Å². The highest BCUT2D eigenvalue weighted by atomic mass is 16.1. The average Bonchev–Trinajstić information content (AvgIpc) is 2.99. The third-order valence-corrected chi connectivity index (χ3v) is 5.67. The Balaban J connectivity index is 1.78. The van der Waals surface area contributed by atoms with Crippen LogP contribution < -0.4 is 10.7 Å². The van der Waals surface area contributed by atoms with Crippen molar-refractivity contribution >= 4 is 33.4 Å².